The Balaban J connectivity index is 0.000000203. The average molecular weight is 1330 g/mol. The summed E-state index contributed by atoms with van der Waals surface area (Å²) in [6, 6.07) is 41.3. The molecule has 7 aliphatic carbocycles. The van der Waals surface area contributed by atoms with Crippen LogP contribution in [0.25, 0.3) is 16.7 Å². The quantitative estimate of drug-likeness (QED) is 0.133. The van der Waals surface area contributed by atoms with Gasteiger partial charge in [-0.15, -0.1) is 37.3 Å². The molecule has 4 heteroatoms. The van der Waals surface area contributed by atoms with Gasteiger partial charge >= 0.3 is 119 Å². The van der Waals surface area contributed by atoms with Crippen molar-refractivity contribution in [3.63, 3.8) is 0 Å². The van der Waals surface area contributed by atoms with E-state index in [2.05, 4.69) is 260 Å². The Kier molecular flexibility index (Phi) is 25.3. The first-order valence-electron chi connectivity index (χ1n) is 32.2. The zero-order valence-electron chi connectivity index (χ0n) is 56.2. The molecular weight excluding hydrogens is 1210 g/mol. The average Bonchev–Trinajstić information content (AvgIpc) is 1.33. The van der Waals surface area contributed by atoms with Crippen LogP contribution in [0.5, 0.6) is 0 Å². The number of benzene rings is 3. The van der Waals surface area contributed by atoms with E-state index in [0.29, 0.717) is 40.4 Å². The molecule has 0 amide bonds. The topological polar surface area (TPSA) is 0 Å². The molecule has 7 atom stereocenters. The summed E-state index contributed by atoms with van der Waals surface area (Å²) in [6.07, 6.45) is 21.8. The van der Waals surface area contributed by atoms with E-state index >= 15 is 0 Å². The molecule has 0 nitrogen and oxygen atoms in total. The molecule has 452 valence electrons. The molecule has 0 radical (unpaired) electrons. The van der Waals surface area contributed by atoms with E-state index in [-0.39, 0.29) is 46.5 Å². The zero-order chi connectivity index (χ0) is 60.3. The number of fused-ring (bicyclic) bond motifs is 9. The first-order valence-corrected chi connectivity index (χ1v) is 34.6. The van der Waals surface area contributed by atoms with Crippen LogP contribution in [0.15, 0.2) is 132 Å². The van der Waals surface area contributed by atoms with Crippen LogP contribution in [0.2, 0.25) is 0 Å². The molecular formula is C80H110Cl2Zr2. The Morgan fingerprint density at radius 2 is 1.04 bits per heavy atom. The molecule has 12 rings (SSSR count). The molecule has 0 bridgehead atoms. The van der Waals surface area contributed by atoms with Crippen LogP contribution in [0.3, 0.4) is 0 Å². The first-order chi connectivity index (χ1) is 38.3. The molecule has 3 saturated carbocycles. The van der Waals surface area contributed by atoms with Crippen molar-refractivity contribution in [1.29, 1.82) is 0 Å². The van der Waals surface area contributed by atoms with E-state index in [9.17, 15) is 0 Å². The molecule has 5 aromatic rings. The Morgan fingerprint density at radius 3 is 1.49 bits per heavy atom. The van der Waals surface area contributed by atoms with Crippen molar-refractivity contribution in [2.45, 2.75) is 237 Å². The van der Waals surface area contributed by atoms with E-state index < -0.39 is 0 Å². The Labute approximate surface area is 557 Å². The molecule has 0 aromatic heterocycles. The van der Waals surface area contributed by atoms with Crippen LogP contribution in [0.1, 0.15) is 247 Å². The van der Waals surface area contributed by atoms with Crippen molar-refractivity contribution in [3.8, 4) is 11.1 Å². The Bertz CT molecular complexity index is 2930. The minimum absolute atomic E-state index is 0. The molecule has 0 heterocycles. The van der Waals surface area contributed by atoms with E-state index in [0.717, 1.165) is 12.8 Å². The normalized spacial score (nSPS) is 24.8. The molecule has 0 N–H and O–H groups in total. The second kappa shape index (κ2) is 29.4. The predicted molar refractivity (Wildman–Crippen MR) is 367 cm³/mol. The second-order valence-electron chi connectivity index (χ2n) is 30.5. The van der Waals surface area contributed by atoms with E-state index in [1.807, 2.05) is 0 Å². The monoisotopic (exact) mass is 1320 g/mol. The van der Waals surface area contributed by atoms with Crippen LogP contribution in [0, 0.1) is 52.4 Å². The minimum atomic E-state index is 0. The Morgan fingerprint density at radius 1 is 0.548 bits per heavy atom. The molecule has 5 aromatic carbocycles. The summed E-state index contributed by atoms with van der Waals surface area (Å²) in [6.45, 7) is 47.2. The van der Waals surface area contributed by atoms with Crippen molar-refractivity contribution in [1.82, 2.24) is 0 Å². The summed E-state index contributed by atoms with van der Waals surface area (Å²) in [5, 5.41) is 0. The van der Waals surface area contributed by atoms with Gasteiger partial charge < -0.3 is 0 Å². The SMILES string of the molecule is CC(C)(C)c1c[c-]c2c(c1)-c1cc(C(C)(C)C)ccc1C2.CC(C)(C)c1cc[cH-]c1.CC(C)(C)c1cc[cH-]c1.C[C-]1C2=C3Cc4ccccc4C3=C3C=CC(C)C(C)C3(C)C2(C)C(C)C(C)C1C.Cl.Cl.[Zr+2]=[C]1CCCCC1.[Zr+2]=[C]1CCCCC1. The molecule has 0 spiro atoms. The predicted octanol–water partition coefficient (Wildman–Crippen LogP) is 22.9. The van der Waals surface area contributed by atoms with Gasteiger partial charge in [0.1, 0.15) is 0 Å². The molecule has 0 saturated heterocycles. The fourth-order valence-electron chi connectivity index (χ4n) is 14.5. The van der Waals surface area contributed by atoms with Crippen molar-refractivity contribution < 1.29 is 48.5 Å². The fourth-order valence-corrected chi connectivity index (χ4v) is 16.3. The van der Waals surface area contributed by atoms with E-state index in [1.165, 1.54) is 120 Å². The molecule has 7 unspecified atom stereocenters. The second-order valence-corrected chi connectivity index (χ2v) is 34.0. The molecule has 84 heavy (non-hydrogen) atoms. The van der Waals surface area contributed by atoms with Crippen LogP contribution >= 0.6 is 24.8 Å². The maximum atomic E-state index is 3.53. The zero-order valence-corrected chi connectivity index (χ0v) is 62.7. The third kappa shape index (κ3) is 16.1. The first kappa shape index (κ1) is 72.3. The van der Waals surface area contributed by atoms with Gasteiger partial charge in [0.2, 0.25) is 0 Å². The van der Waals surface area contributed by atoms with Gasteiger partial charge in [-0.2, -0.15) is 88.0 Å². The van der Waals surface area contributed by atoms with Crippen molar-refractivity contribution in [2.24, 2.45) is 40.4 Å². The van der Waals surface area contributed by atoms with Crippen LogP contribution in [0.4, 0.5) is 0 Å². The number of hydrogen-bond donors (Lipinski definition) is 0. The van der Waals surface area contributed by atoms with E-state index in [4.69, 9.17) is 0 Å². The van der Waals surface area contributed by atoms with Gasteiger partial charge in [-0.1, -0.05) is 243 Å². The molecule has 0 aliphatic heterocycles. The summed E-state index contributed by atoms with van der Waals surface area (Å²) in [5.74, 6) is 4.93. The third-order valence-corrected chi connectivity index (χ3v) is 23.5. The van der Waals surface area contributed by atoms with Gasteiger partial charge in [-0.25, -0.2) is 18.1 Å². The summed E-state index contributed by atoms with van der Waals surface area (Å²) < 4.78 is 3.61. The fraction of sp³-hybridized carbons (Fsp3) is 0.537. The Hall–Kier alpha value is -2.46. The summed E-state index contributed by atoms with van der Waals surface area (Å²) in [5.41, 5.74) is 22.2. The van der Waals surface area contributed by atoms with Gasteiger partial charge in [0.25, 0.3) is 0 Å². The van der Waals surface area contributed by atoms with Crippen LogP contribution in [-0.4, -0.2) is 6.41 Å². The van der Waals surface area contributed by atoms with E-state index in [1.54, 1.807) is 83.1 Å². The van der Waals surface area contributed by atoms with Gasteiger partial charge in [-0.05, 0) is 52.0 Å². The van der Waals surface area contributed by atoms with Crippen LogP contribution in [-0.2, 0) is 83.0 Å². The molecule has 3 fully saturated rings. The number of allylic oxidation sites excluding steroid dienone is 6. The molecule has 7 aliphatic rings. The summed E-state index contributed by atoms with van der Waals surface area (Å²) in [7, 11) is 0. The van der Waals surface area contributed by atoms with Gasteiger partial charge in [0.15, 0.2) is 0 Å². The number of halogens is 2. The number of rotatable bonds is 0. The van der Waals surface area contributed by atoms with Gasteiger partial charge in [0, 0.05) is 5.41 Å². The van der Waals surface area contributed by atoms with Crippen LogP contribution < -0.4 is 0 Å². The van der Waals surface area contributed by atoms with Crippen molar-refractivity contribution in [3.05, 3.63) is 188 Å². The van der Waals surface area contributed by atoms with Gasteiger partial charge in [-0.3, -0.25) is 0 Å². The van der Waals surface area contributed by atoms with Gasteiger partial charge in [0.05, 0.1) is 0 Å². The van der Waals surface area contributed by atoms with Crippen molar-refractivity contribution in [2.75, 3.05) is 0 Å². The number of hydrogen-bond acceptors (Lipinski definition) is 0. The third-order valence-electron chi connectivity index (χ3n) is 21.0. The standard InChI is InChI=1S/C29H37.C21H25.2C9H13.2C6H10.2ClH.2Zr/c1-16-13-14-25-26-23-12-10-9-11-22(23)15-24(26)27-19(4)17(2)18(3)21(6)29(27,8)28(25,7)20(16)5;1-20(2,3)16-9-7-14-11-15-8-10-17(21(4,5)6)13-19(15)18(14)12-16;2*1-9(2,3)8-6-4-5-7-8;2*1-2-4-6-5-3-1;;;;/h9-14,16-18,20-21H,15H2,1-8H3;7,9-10,12-13H,11H2,1-6H3;2*4-7H,1-3H3;2*1-5H2;2*1H;;/q4*-1;;;;;2*+2. The summed E-state index contributed by atoms with van der Waals surface area (Å²) in [4.78, 5) is 0. The summed E-state index contributed by atoms with van der Waals surface area (Å²) >= 11 is 3.38. The van der Waals surface area contributed by atoms with Crippen molar-refractivity contribution >= 4 is 36.8 Å². The maximum absolute atomic E-state index is 3.53.